The number of hydrogen-bond acceptors (Lipinski definition) is 5. The highest BCUT2D eigenvalue weighted by Gasteiger charge is 2.24. The molecule has 0 radical (unpaired) electrons. The second-order valence-corrected chi connectivity index (χ2v) is 7.06. The van der Waals surface area contributed by atoms with E-state index in [0.29, 0.717) is 18.1 Å². The Hall–Kier alpha value is -2.80. The number of aliphatic imine (C=N–C) groups is 1. The molecule has 6 nitrogen and oxygen atoms in total. The number of nitrogens with zero attached hydrogens (tertiary/aromatic N) is 1. The molecule has 3 rings (SSSR count). The predicted octanol–water partition coefficient (Wildman–Crippen LogP) is 2.74. The minimum Gasteiger partial charge on any atom is -0.445 e. The van der Waals surface area contributed by atoms with Gasteiger partial charge in [-0.3, -0.25) is 9.79 Å². The van der Waals surface area contributed by atoms with E-state index in [0.717, 1.165) is 16.9 Å². The van der Waals surface area contributed by atoms with Crippen LogP contribution in [0, 0.1) is 0 Å². The van der Waals surface area contributed by atoms with Crippen molar-refractivity contribution < 1.29 is 14.3 Å². The summed E-state index contributed by atoms with van der Waals surface area (Å²) in [6, 6.07) is 18.2. The van der Waals surface area contributed by atoms with Crippen molar-refractivity contribution in [3.8, 4) is 0 Å². The molecule has 1 aliphatic heterocycles. The van der Waals surface area contributed by atoms with Crippen LogP contribution in [-0.4, -0.2) is 35.5 Å². The van der Waals surface area contributed by atoms with E-state index < -0.39 is 12.1 Å². The smallest absolute Gasteiger partial charge is 0.408 e. The lowest BCUT2D eigenvalue weighted by Gasteiger charge is -2.18. The Morgan fingerprint density at radius 3 is 2.33 bits per heavy atom. The summed E-state index contributed by atoms with van der Waals surface area (Å²) in [5.41, 5.74) is 1.83. The molecule has 0 spiro atoms. The van der Waals surface area contributed by atoms with E-state index in [4.69, 9.17) is 4.74 Å². The number of carbonyl (C=O) groups excluding carboxylic acids is 2. The minimum absolute atomic E-state index is 0.148. The van der Waals surface area contributed by atoms with E-state index >= 15 is 0 Å². The van der Waals surface area contributed by atoms with Crippen LogP contribution in [0.2, 0.25) is 0 Å². The lowest BCUT2D eigenvalue weighted by molar-refractivity contribution is -0.121. The van der Waals surface area contributed by atoms with Crippen molar-refractivity contribution in [3.63, 3.8) is 0 Å². The number of amidine groups is 1. The molecule has 0 unspecified atom stereocenters. The van der Waals surface area contributed by atoms with E-state index in [1.807, 2.05) is 60.7 Å². The van der Waals surface area contributed by atoms with Crippen molar-refractivity contribution in [2.24, 2.45) is 4.99 Å². The van der Waals surface area contributed by atoms with Crippen LogP contribution in [-0.2, 0) is 22.6 Å². The third-order valence-electron chi connectivity index (χ3n) is 3.92. The average molecular weight is 383 g/mol. The van der Waals surface area contributed by atoms with Crippen LogP contribution < -0.4 is 10.6 Å². The first-order chi connectivity index (χ1) is 13.2. The van der Waals surface area contributed by atoms with Gasteiger partial charge in [0.25, 0.3) is 0 Å². The highest BCUT2D eigenvalue weighted by atomic mass is 32.2. The second kappa shape index (κ2) is 9.78. The quantitative estimate of drug-likeness (QED) is 0.804. The number of ether oxygens (including phenoxy) is 1. The average Bonchev–Trinajstić information content (AvgIpc) is 3.20. The Morgan fingerprint density at radius 2 is 1.70 bits per heavy atom. The van der Waals surface area contributed by atoms with Gasteiger partial charge in [-0.05, 0) is 11.1 Å². The second-order valence-electron chi connectivity index (χ2n) is 5.97. The number of hydrogen-bond donors (Lipinski definition) is 2. The van der Waals surface area contributed by atoms with Gasteiger partial charge in [0.1, 0.15) is 12.6 Å². The summed E-state index contributed by atoms with van der Waals surface area (Å²) in [5.74, 6) is 0.551. The van der Waals surface area contributed by atoms with E-state index in [-0.39, 0.29) is 12.5 Å². The molecule has 0 saturated carbocycles. The number of alkyl carbamates (subject to hydrolysis) is 1. The Balaban J connectivity index is 1.61. The molecule has 7 heteroatoms. The van der Waals surface area contributed by atoms with Gasteiger partial charge >= 0.3 is 6.09 Å². The van der Waals surface area contributed by atoms with Crippen LogP contribution in [0.4, 0.5) is 4.79 Å². The van der Waals surface area contributed by atoms with E-state index in [9.17, 15) is 9.59 Å². The van der Waals surface area contributed by atoms with Crippen LogP contribution in [0.1, 0.15) is 11.1 Å². The van der Waals surface area contributed by atoms with Crippen molar-refractivity contribution in [1.29, 1.82) is 0 Å². The van der Waals surface area contributed by atoms with Gasteiger partial charge in [-0.15, -0.1) is 0 Å². The summed E-state index contributed by atoms with van der Waals surface area (Å²) in [6.07, 6.45) is -0.263. The van der Waals surface area contributed by atoms with E-state index in [2.05, 4.69) is 15.6 Å². The van der Waals surface area contributed by atoms with Gasteiger partial charge in [-0.25, -0.2) is 4.79 Å². The summed E-state index contributed by atoms with van der Waals surface area (Å²) in [5, 5.41) is 6.05. The van der Waals surface area contributed by atoms with Crippen LogP contribution in [0.3, 0.4) is 0 Å². The van der Waals surface area contributed by atoms with Crippen LogP contribution in [0.5, 0.6) is 0 Å². The molecule has 0 aromatic heterocycles. The van der Waals surface area contributed by atoms with E-state index in [1.165, 1.54) is 11.8 Å². The first-order valence-electron chi connectivity index (χ1n) is 8.70. The monoisotopic (exact) mass is 383 g/mol. The summed E-state index contributed by atoms with van der Waals surface area (Å²) in [4.78, 5) is 29.1. The molecule has 0 fully saturated rings. The summed E-state index contributed by atoms with van der Waals surface area (Å²) in [6.45, 7) is 0.838. The maximum absolute atomic E-state index is 12.6. The Kier molecular flexibility index (Phi) is 6.87. The molecule has 140 valence electrons. The van der Waals surface area contributed by atoms with Crippen molar-refractivity contribution in [3.05, 3.63) is 71.8 Å². The first-order valence-corrected chi connectivity index (χ1v) is 9.68. The summed E-state index contributed by atoms with van der Waals surface area (Å²) in [7, 11) is 0. The fourth-order valence-corrected chi connectivity index (χ4v) is 3.30. The Bertz CT molecular complexity index is 797. The molecule has 1 heterocycles. The zero-order valence-corrected chi connectivity index (χ0v) is 15.6. The molecule has 2 aromatic rings. The molecular weight excluding hydrogens is 362 g/mol. The topological polar surface area (TPSA) is 79.8 Å². The standard InChI is InChI=1S/C20H21N3O3S/c24-18(23-19-21-11-12-27-19)17(13-15-7-3-1-4-8-15)22-20(25)26-14-16-9-5-2-6-10-16/h1-10,17H,11-14H2,(H,22,25)(H,21,23,24)/t17-/m0/s1. The predicted molar refractivity (Wildman–Crippen MR) is 107 cm³/mol. The van der Waals surface area contributed by atoms with E-state index in [1.54, 1.807) is 0 Å². The number of benzene rings is 2. The molecule has 1 aliphatic rings. The lowest BCUT2D eigenvalue weighted by atomic mass is 10.1. The zero-order chi connectivity index (χ0) is 18.9. The molecule has 1 atom stereocenters. The number of nitrogens with one attached hydrogen (secondary N) is 2. The van der Waals surface area contributed by atoms with Crippen LogP contribution in [0.25, 0.3) is 0 Å². The van der Waals surface area contributed by atoms with Crippen molar-refractivity contribution in [1.82, 2.24) is 10.6 Å². The zero-order valence-electron chi connectivity index (χ0n) is 14.8. The van der Waals surface area contributed by atoms with Gasteiger partial charge in [0.15, 0.2) is 5.17 Å². The van der Waals surface area contributed by atoms with Crippen LogP contribution in [0.15, 0.2) is 65.7 Å². The maximum Gasteiger partial charge on any atom is 0.408 e. The number of rotatable bonds is 6. The minimum atomic E-state index is -0.750. The number of carbonyl (C=O) groups is 2. The Labute approximate surface area is 162 Å². The molecule has 0 saturated heterocycles. The van der Waals surface area contributed by atoms with Crippen molar-refractivity contribution >= 4 is 28.9 Å². The normalized spacial score (nSPS) is 14.1. The van der Waals surface area contributed by atoms with Gasteiger partial charge in [-0.2, -0.15) is 0 Å². The highest BCUT2D eigenvalue weighted by Crippen LogP contribution is 2.10. The largest absolute Gasteiger partial charge is 0.445 e. The van der Waals surface area contributed by atoms with Gasteiger partial charge in [0, 0.05) is 12.2 Å². The number of amides is 2. The summed E-state index contributed by atoms with van der Waals surface area (Å²) >= 11 is 1.49. The third-order valence-corrected chi connectivity index (χ3v) is 4.81. The third kappa shape index (κ3) is 6.14. The first kappa shape index (κ1) is 19.0. The molecule has 2 aromatic carbocycles. The molecule has 0 bridgehead atoms. The summed E-state index contributed by atoms with van der Waals surface area (Å²) < 4.78 is 5.25. The number of thioether (sulfide) groups is 1. The molecule has 2 N–H and O–H groups in total. The SMILES string of the molecule is O=C(N[C@@H](Cc1ccccc1)C(=O)NC1=NCCS1)OCc1ccccc1. The lowest BCUT2D eigenvalue weighted by Crippen LogP contribution is -2.49. The van der Waals surface area contributed by atoms with Gasteiger partial charge < -0.3 is 15.4 Å². The van der Waals surface area contributed by atoms with Crippen molar-refractivity contribution in [2.45, 2.75) is 19.1 Å². The molecule has 0 aliphatic carbocycles. The van der Waals surface area contributed by atoms with Crippen molar-refractivity contribution in [2.75, 3.05) is 12.3 Å². The Morgan fingerprint density at radius 1 is 1.04 bits per heavy atom. The fraction of sp³-hybridized carbons (Fsp3) is 0.250. The maximum atomic E-state index is 12.6. The highest BCUT2D eigenvalue weighted by molar-refractivity contribution is 8.14. The van der Waals surface area contributed by atoms with Gasteiger partial charge in [0.05, 0.1) is 6.54 Å². The van der Waals surface area contributed by atoms with Gasteiger partial charge in [-0.1, -0.05) is 72.4 Å². The molecule has 2 amide bonds. The fourth-order valence-electron chi connectivity index (χ4n) is 2.57. The van der Waals surface area contributed by atoms with Gasteiger partial charge in [0.2, 0.25) is 5.91 Å². The van der Waals surface area contributed by atoms with Crippen LogP contribution >= 0.6 is 11.8 Å². The molecule has 27 heavy (non-hydrogen) atoms. The molecular formula is C20H21N3O3S.